The van der Waals surface area contributed by atoms with Crippen LogP contribution in [0.3, 0.4) is 0 Å². The lowest BCUT2D eigenvalue weighted by molar-refractivity contribution is -0.140. The molecule has 1 aliphatic heterocycles. The van der Waals surface area contributed by atoms with Gasteiger partial charge in [0.1, 0.15) is 5.75 Å². The molecule has 0 aromatic heterocycles. The normalized spacial score (nSPS) is 20.6. The Morgan fingerprint density at radius 2 is 1.72 bits per heavy atom. The zero-order valence-electron chi connectivity index (χ0n) is 18.5. The monoisotopic (exact) mass is 463 g/mol. The highest BCUT2D eigenvalue weighted by molar-refractivity contribution is 7.89. The molecule has 3 rings (SSSR count). The van der Waals surface area contributed by atoms with Gasteiger partial charge in [-0.25, -0.2) is 8.42 Å². The minimum Gasteiger partial charge on any atom is -0.495 e. The average molecular weight is 464 g/mol. The van der Waals surface area contributed by atoms with Crippen LogP contribution in [0.15, 0.2) is 35.2 Å². The second kappa shape index (κ2) is 9.83. The molecule has 2 aliphatic rings. The summed E-state index contributed by atoms with van der Waals surface area (Å²) >= 11 is 0. The number of nitrogens with one attached hydrogen (secondary N) is 1. The Kier molecular flexibility index (Phi) is 7.35. The van der Waals surface area contributed by atoms with Gasteiger partial charge in [0.25, 0.3) is 0 Å². The van der Waals surface area contributed by atoms with Crippen LogP contribution in [-0.4, -0.2) is 62.1 Å². The number of anilines is 1. The van der Waals surface area contributed by atoms with Crippen molar-refractivity contribution in [2.45, 2.75) is 38.0 Å². The van der Waals surface area contributed by atoms with Gasteiger partial charge in [-0.3, -0.25) is 19.3 Å². The topological polar surface area (TPSA) is 113 Å². The first-order chi connectivity index (χ1) is 15.2. The first-order valence-electron chi connectivity index (χ1n) is 10.7. The number of amides is 3. The highest BCUT2D eigenvalue weighted by Gasteiger charge is 2.46. The van der Waals surface area contributed by atoms with Crippen LogP contribution in [0.4, 0.5) is 5.69 Å². The van der Waals surface area contributed by atoms with Gasteiger partial charge in [-0.1, -0.05) is 26.0 Å². The van der Waals surface area contributed by atoms with Crippen molar-refractivity contribution < 1.29 is 27.5 Å². The van der Waals surface area contributed by atoms with Gasteiger partial charge in [0.2, 0.25) is 27.7 Å². The number of benzene rings is 1. The van der Waals surface area contributed by atoms with E-state index >= 15 is 0 Å². The van der Waals surface area contributed by atoms with Gasteiger partial charge in [-0.2, -0.15) is 4.31 Å². The van der Waals surface area contributed by atoms with Crippen LogP contribution in [0.2, 0.25) is 0 Å². The summed E-state index contributed by atoms with van der Waals surface area (Å²) in [6.07, 6.45) is 4.81. The summed E-state index contributed by atoms with van der Waals surface area (Å²) in [6.45, 7) is 4.13. The van der Waals surface area contributed by atoms with E-state index < -0.39 is 15.9 Å². The first-order valence-corrected chi connectivity index (χ1v) is 12.2. The molecule has 2 atom stereocenters. The lowest BCUT2D eigenvalue weighted by atomic mass is 9.85. The van der Waals surface area contributed by atoms with Crippen molar-refractivity contribution in [2.75, 3.05) is 32.1 Å². The van der Waals surface area contributed by atoms with Crippen molar-refractivity contribution in [1.82, 2.24) is 9.21 Å². The average Bonchev–Trinajstić information content (AvgIpc) is 3.03. The van der Waals surface area contributed by atoms with Crippen molar-refractivity contribution in [1.29, 1.82) is 0 Å². The number of allylic oxidation sites excluding steroid dienone is 2. The lowest BCUT2D eigenvalue weighted by Gasteiger charge is -2.20. The van der Waals surface area contributed by atoms with E-state index in [4.69, 9.17) is 4.74 Å². The molecule has 32 heavy (non-hydrogen) atoms. The van der Waals surface area contributed by atoms with E-state index in [0.717, 1.165) is 0 Å². The molecule has 1 aromatic rings. The third-order valence-corrected chi connectivity index (χ3v) is 8.00. The quantitative estimate of drug-likeness (QED) is 0.443. The smallest absolute Gasteiger partial charge is 0.243 e. The number of carbonyl (C=O) groups excluding carboxylic acids is 3. The Hall–Kier alpha value is -2.72. The predicted octanol–water partition coefficient (Wildman–Crippen LogP) is 2.01. The maximum absolute atomic E-state index is 12.8. The third-order valence-electron chi connectivity index (χ3n) is 5.95. The molecule has 1 aliphatic carbocycles. The molecule has 174 valence electrons. The summed E-state index contributed by atoms with van der Waals surface area (Å²) in [4.78, 5) is 38.9. The molecule has 1 aromatic carbocycles. The Labute approximate surface area is 188 Å². The summed E-state index contributed by atoms with van der Waals surface area (Å²) < 4.78 is 32.2. The molecule has 10 heteroatoms. The number of carbonyl (C=O) groups is 3. The number of fused-ring (bicyclic) bond motifs is 1. The van der Waals surface area contributed by atoms with Gasteiger partial charge < -0.3 is 10.1 Å². The van der Waals surface area contributed by atoms with Gasteiger partial charge in [0.05, 0.1) is 29.5 Å². The standard InChI is InChI=1S/C22H29N3O6S/c1-4-24(5-2)32(29,30)15-10-11-19(31-3)18(14-15)23-20(26)12-13-25-21(27)16-8-6-7-9-17(16)22(25)28/h6-7,10-11,14,16-17H,4-5,8-9,12-13H2,1-3H3,(H,23,26)/t16-,17-/m0/s1. The van der Waals surface area contributed by atoms with Gasteiger partial charge in [0.15, 0.2) is 0 Å². The van der Waals surface area contributed by atoms with Crippen molar-refractivity contribution >= 4 is 33.4 Å². The number of hydrogen-bond acceptors (Lipinski definition) is 6. The Balaban J connectivity index is 1.71. The number of methoxy groups -OCH3 is 1. The van der Waals surface area contributed by atoms with Gasteiger partial charge in [0, 0.05) is 26.1 Å². The van der Waals surface area contributed by atoms with E-state index in [0.29, 0.717) is 31.7 Å². The van der Waals surface area contributed by atoms with Crippen LogP contribution in [0.5, 0.6) is 5.75 Å². The highest BCUT2D eigenvalue weighted by atomic mass is 32.2. The van der Waals surface area contributed by atoms with Crippen LogP contribution in [0, 0.1) is 11.8 Å². The van der Waals surface area contributed by atoms with Crippen LogP contribution < -0.4 is 10.1 Å². The van der Waals surface area contributed by atoms with E-state index in [1.807, 2.05) is 12.2 Å². The number of ether oxygens (including phenoxy) is 1. The molecule has 0 radical (unpaired) electrons. The molecule has 9 nitrogen and oxygen atoms in total. The van der Waals surface area contributed by atoms with E-state index in [1.165, 1.54) is 34.5 Å². The fourth-order valence-corrected chi connectivity index (χ4v) is 5.66. The fraction of sp³-hybridized carbons (Fsp3) is 0.500. The van der Waals surface area contributed by atoms with E-state index in [-0.39, 0.29) is 47.2 Å². The van der Waals surface area contributed by atoms with E-state index in [9.17, 15) is 22.8 Å². The van der Waals surface area contributed by atoms with Crippen molar-refractivity contribution in [2.24, 2.45) is 11.8 Å². The van der Waals surface area contributed by atoms with Crippen molar-refractivity contribution in [3.8, 4) is 5.75 Å². The van der Waals surface area contributed by atoms with Crippen LogP contribution in [0.25, 0.3) is 0 Å². The van der Waals surface area contributed by atoms with Gasteiger partial charge in [-0.15, -0.1) is 0 Å². The summed E-state index contributed by atoms with van der Waals surface area (Å²) in [5.74, 6) is -1.28. The number of likely N-dealkylation sites (tertiary alicyclic amines) is 1. The molecule has 0 bridgehead atoms. The maximum Gasteiger partial charge on any atom is 0.243 e. The maximum atomic E-state index is 12.8. The molecule has 0 unspecified atom stereocenters. The predicted molar refractivity (Wildman–Crippen MR) is 118 cm³/mol. The summed E-state index contributed by atoms with van der Waals surface area (Å²) in [7, 11) is -2.30. The highest BCUT2D eigenvalue weighted by Crippen LogP contribution is 2.35. The minimum absolute atomic E-state index is 0.0176. The minimum atomic E-state index is -3.71. The van der Waals surface area contributed by atoms with Crippen molar-refractivity contribution in [3.05, 3.63) is 30.4 Å². The third kappa shape index (κ3) is 4.56. The number of sulfonamides is 1. The van der Waals surface area contributed by atoms with E-state index in [1.54, 1.807) is 13.8 Å². The zero-order chi connectivity index (χ0) is 23.5. The lowest BCUT2D eigenvalue weighted by Crippen LogP contribution is -2.34. The van der Waals surface area contributed by atoms with Gasteiger partial charge in [-0.05, 0) is 31.0 Å². The summed E-state index contributed by atoms with van der Waals surface area (Å²) in [5.41, 5.74) is 0.211. The molecule has 1 N–H and O–H groups in total. The van der Waals surface area contributed by atoms with Gasteiger partial charge >= 0.3 is 0 Å². The number of hydrogen-bond donors (Lipinski definition) is 1. The molecule has 1 saturated heterocycles. The van der Waals surface area contributed by atoms with Crippen LogP contribution in [0.1, 0.15) is 33.1 Å². The van der Waals surface area contributed by atoms with Crippen LogP contribution >= 0.6 is 0 Å². The van der Waals surface area contributed by atoms with Crippen molar-refractivity contribution in [3.63, 3.8) is 0 Å². The zero-order valence-corrected chi connectivity index (χ0v) is 19.4. The Morgan fingerprint density at radius 1 is 1.12 bits per heavy atom. The number of rotatable bonds is 9. The molecule has 0 saturated carbocycles. The number of nitrogens with zero attached hydrogens (tertiary/aromatic N) is 2. The SMILES string of the molecule is CCN(CC)S(=O)(=O)c1ccc(OC)c(NC(=O)CCN2C(=O)[C@H]3CC=CC[C@@H]3C2=O)c1. The first kappa shape index (κ1) is 23.9. The second-order valence-corrected chi connectivity index (χ2v) is 9.67. The summed E-state index contributed by atoms with van der Waals surface area (Å²) in [6, 6.07) is 4.27. The fourth-order valence-electron chi connectivity index (χ4n) is 4.17. The molecule has 1 fully saturated rings. The molecular weight excluding hydrogens is 434 g/mol. The molecule has 1 heterocycles. The van der Waals surface area contributed by atoms with E-state index in [2.05, 4.69) is 5.32 Å². The van der Waals surface area contributed by atoms with Crippen LogP contribution in [-0.2, 0) is 24.4 Å². The molecule has 0 spiro atoms. The Morgan fingerprint density at radius 3 is 2.25 bits per heavy atom. The summed E-state index contributed by atoms with van der Waals surface area (Å²) in [5, 5.41) is 2.66. The number of imide groups is 1. The molecule has 3 amide bonds. The molecular formula is C22H29N3O6S. The Bertz CT molecular complexity index is 1010. The second-order valence-electron chi connectivity index (χ2n) is 7.73. The largest absolute Gasteiger partial charge is 0.495 e.